The lowest BCUT2D eigenvalue weighted by molar-refractivity contribution is -0.137. The highest BCUT2D eigenvalue weighted by Crippen LogP contribution is 2.34. The van der Waals surface area contributed by atoms with Gasteiger partial charge in [0.15, 0.2) is 0 Å². The molecule has 3 N–H and O–H groups in total. The van der Waals surface area contributed by atoms with Gasteiger partial charge in [0, 0.05) is 25.1 Å². The minimum Gasteiger partial charge on any atom is -0.389 e. The van der Waals surface area contributed by atoms with Gasteiger partial charge in [0.25, 0.3) is 0 Å². The molecule has 9 nitrogen and oxygen atoms in total. The van der Waals surface area contributed by atoms with Gasteiger partial charge in [-0.15, -0.1) is 0 Å². The molecule has 0 aliphatic carbocycles. The van der Waals surface area contributed by atoms with E-state index >= 15 is 0 Å². The molecule has 13 heteroatoms. The highest BCUT2D eigenvalue weighted by molar-refractivity contribution is 7.92. The Balaban J connectivity index is 1.89. The number of anilines is 4. The summed E-state index contributed by atoms with van der Waals surface area (Å²) in [7, 11) is -2.28. The number of aromatic nitrogens is 3. The predicted octanol–water partition coefficient (Wildman–Crippen LogP) is 3.70. The molecule has 1 atom stereocenters. The normalized spacial score (nSPS) is 12.8. The fourth-order valence-electron chi connectivity index (χ4n) is 2.96. The summed E-state index contributed by atoms with van der Waals surface area (Å²) in [5, 5.41) is 15.0. The smallest absolute Gasteiger partial charge is 0.389 e. The van der Waals surface area contributed by atoms with Gasteiger partial charge in [-0.3, -0.25) is 9.29 Å². The number of aliphatic hydroxyl groups excluding tert-OH is 1. The van der Waals surface area contributed by atoms with Gasteiger partial charge in [0.2, 0.25) is 16.0 Å². The molecule has 1 aromatic carbocycles. The third-order valence-electron chi connectivity index (χ3n) is 4.87. The number of sulfonamides is 1. The van der Waals surface area contributed by atoms with Crippen LogP contribution in [0, 0.1) is 0 Å². The number of nitrogens with zero attached hydrogens (tertiary/aromatic N) is 4. The van der Waals surface area contributed by atoms with Crippen LogP contribution in [0.3, 0.4) is 0 Å². The molecular formula is C21H23F3N6O3S. The van der Waals surface area contributed by atoms with Crippen molar-refractivity contribution in [2.45, 2.75) is 25.7 Å². The molecule has 1 unspecified atom stereocenters. The molecule has 0 saturated heterocycles. The van der Waals surface area contributed by atoms with E-state index in [0.29, 0.717) is 17.4 Å². The van der Waals surface area contributed by atoms with Crippen molar-refractivity contribution in [3.8, 4) is 0 Å². The zero-order valence-corrected chi connectivity index (χ0v) is 19.3. The molecule has 0 spiro atoms. The quantitative estimate of drug-likeness (QED) is 0.432. The molecule has 0 saturated carbocycles. The molecule has 2 heterocycles. The highest BCUT2D eigenvalue weighted by atomic mass is 32.2. The molecule has 34 heavy (non-hydrogen) atoms. The van der Waals surface area contributed by atoms with Gasteiger partial charge < -0.3 is 15.7 Å². The second-order valence-corrected chi connectivity index (χ2v) is 9.44. The number of nitrogens with one attached hydrogen (secondary N) is 2. The van der Waals surface area contributed by atoms with Crippen LogP contribution in [0.15, 0.2) is 48.8 Å². The second-order valence-electron chi connectivity index (χ2n) is 7.43. The average Bonchev–Trinajstić information content (AvgIpc) is 2.76. The van der Waals surface area contributed by atoms with Crippen molar-refractivity contribution < 1.29 is 26.7 Å². The Bertz CT molecular complexity index is 1250. The summed E-state index contributed by atoms with van der Waals surface area (Å²) in [5.41, 5.74) is 0.530. The van der Waals surface area contributed by atoms with E-state index in [9.17, 15) is 26.7 Å². The van der Waals surface area contributed by atoms with Crippen LogP contribution in [0.1, 0.15) is 29.8 Å². The number of hydrogen-bond donors (Lipinski definition) is 3. The Morgan fingerprint density at radius 3 is 2.41 bits per heavy atom. The molecular weight excluding hydrogens is 473 g/mol. The molecule has 182 valence electrons. The van der Waals surface area contributed by atoms with Crippen LogP contribution in [0.25, 0.3) is 0 Å². The Morgan fingerprint density at radius 2 is 1.82 bits per heavy atom. The van der Waals surface area contributed by atoms with E-state index in [1.807, 2.05) is 0 Å². The third-order valence-corrected chi connectivity index (χ3v) is 6.06. The second kappa shape index (κ2) is 9.81. The van der Waals surface area contributed by atoms with E-state index in [1.54, 1.807) is 31.2 Å². The molecule has 3 rings (SSSR count). The van der Waals surface area contributed by atoms with Crippen molar-refractivity contribution in [3.63, 3.8) is 0 Å². The number of alkyl halides is 3. The van der Waals surface area contributed by atoms with E-state index in [2.05, 4.69) is 25.6 Å². The SMILES string of the molecule is CC(O)c1ccc(Nc2ncc(C(F)(F)F)c(NCc3ncccc3N(C)S(C)(=O)=O)n2)cc1. The van der Waals surface area contributed by atoms with Crippen molar-refractivity contribution in [3.05, 3.63) is 65.6 Å². The van der Waals surface area contributed by atoms with E-state index in [1.165, 1.54) is 25.4 Å². The summed E-state index contributed by atoms with van der Waals surface area (Å²) in [5.74, 6) is -0.584. The van der Waals surface area contributed by atoms with Crippen LogP contribution in [-0.4, -0.2) is 41.8 Å². The Hall–Kier alpha value is -3.45. The van der Waals surface area contributed by atoms with Crippen molar-refractivity contribution in [2.75, 3.05) is 28.2 Å². The first-order valence-electron chi connectivity index (χ1n) is 9.97. The van der Waals surface area contributed by atoms with Crippen LogP contribution in [0.4, 0.5) is 36.3 Å². The average molecular weight is 497 g/mol. The molecule has 0 bridgehead atoms. The van der Waals surface area contributed by atoms with E-state index < -0.39 is 33.7 Å². The minimum atomic E-state index is -4.73. The first kappa shape index (κ1) is 25.2. The van der Waals surface area contributed by atoms with Crippen molar-refractivity contribution in [1.29, 1.82) is 0 Å². The maximum Gasteiger partial charge on any atom is 0.421 e. The van der Waals surface area contributed by atoms with Gasteiger partial charge in [0.05, 0.1) is 30.3 Å². The van der Waals surface area contributed by atoms with Crippen LogP contribution >= 0.6 is 0 Å². The van der Waals surface area contributed by atoms with Gasteiger partial charge in [-0.25, -0.2) is 13.4 Å². The molecule has 2 aromatic heterocycles. The number of pyridine rings is 1. The topological polar surface area (TPSA) is 120 Å². The zero-order chi connectivity index (χ0) is 25.1. The summed E-state index contributed by atoms with van der Waals surface area (Å²) < 4.78 is 65.5. The van der Waals surface area contributed by atoms with E-state index in [0.717, 1.165) is 10.6 Å². The monoisotopic (exact) mass is 496 g/mol. The Labute approximate surface area is 194 Å². The fraction of sp³-hybridized carbons (Fsp3) is 0.286. The standard InChI is InChI=1S/C21H23F3N6O3S/c1-13(31)14-6-8-15(9-7-14)28-20-27-11-16(21(22,23)24)19(29-20)26-12-17-18(5-4-10-25-17)30(2)34(3,32)33/h4-11,13,31H,12H2,1-3H3,(H2,26,27,28,29). The Morgan fingerprint density at radius 1 is 1.15 bits per heavy atom. The fourth-order valence-corrected chi connectivity index (χ4v) is 3.48. The molecule has 0 aliphatic rings. The third kappa shape index (κ3) is 6.11. The maximum absolute atomic E-state index is 13.5. The first-order chi connectivity index (χ1) is 15.9. The Kier molecular flexibility index (Phi) is 7.26. The molecule has 0 fully saturated rings. The van der Waals surface area contributed by atoms with Gasteiger partial charge in [0.1, 0.15) is 11.4 Å². The zero-order valence-electron chi connectivity index (χ0n) is 18.5. The summed E-state index contributed by atoms with van der Waals surface area (Å²) in [4.78, 5) is 11.8. The number of halogens is 3. The number of rotatable bonds is 8. The van der Waals surface area contributed by atoms with Crippen LogP contribution in [0.5, 0.6) is 0 Å². The summed E-state index contributed by atoms with van der Waals surface area (Å²) >= 11 is 0. The molecule has 0 amide bonds. The van der Waals surface area contributed by atoms with Crippen LogP contribution in [-0.2, 0) is 22.7 Å². The molecule has 0 radical (unpaired) electrons. The van der Waals surface area contributed by atoms with Crippen LogP contribution < -0.4 is 14.9 Å². The van der Waals surface area contributed by atoms with Crippen molar-refractivity contribution in [1.82, 2.24) is 15.0 Å². The predicted molar refractivity (Wildman–Crippen MR) is 122 cm³/mol. The maximum atomic E-state index is 13.5. The van der Waals surface area contributed by atoms with Gasteiger partial charge in [-0.2, -0.15) is 18.2 Å². The summed E-state index contributed by atoms with van der Waals surface area (Å²) in [6.45, 7) is 1.39. The molecule has 3 aromatic rings. The van der Waals surface area contributed by atoms with Crippen molar-refractivity contribution in [2.24, 2.45) is 0 Å². The minimum absolute atomic E-state index is 0.0882. The molecule has 0 aliphatic heterocycles. The number of aliphatic hydroxyl groups is 1. The van der Waals surface area contributed by atoms with Crippen molar-refractivity contribution >= 4 is 33.2 Å². The number of hydrogen-bond acceptors (Lipinski definition) is 8. The summed E-state index contributed by atoms with van der Waals surface area (Å²) in [6, 6.07) is 9.62. The van der Waals surface area contributed by atoms with Crippen LogP contribution in [0.2, 0.25) is 0 Å². The van der Waals surface area contributed by atoms with E-state index in [4.69, 9.17) is 0 Å². The first-order valence-corrected chi connectivity index (χ1v) is 11.8. The van der Waals surface area contributed by atoms with Gasteiger partial charge >= 0.3 is 6.18 Å². The lowest BCUT2D eigenvalue weighted by Crippen LogP contribution is -2.26. The summed E-state index contributed by atoms with van der Waals surface area (Å²) in [6.07, 6.45) is -2.31. The lowest BCUT2D eigenvalue weighted by Gasteiger charge is -2.20. The highest BCUT2D eigenvalue weighted by Gasteiger charge is 2.35. The van der Waals surface area contributed by atoms with Gasteiger partial charge in [-0.05, 0) is 36.8 Å². The van der Waals surface area contributed by atoms with Gasteiger partial charge in [-0.1, -0.05) is 12.1 Å². The lowest BCUT2D eigenvalue weighted by atomic mass is 10.1. The van der Waals surface area contributed by atoms with E-state index in [-0.39, 0.29) is 23.9 Å². The largest absolute Gasteiger partial charge is 0.421 e. The number of benzene rings is 1.